The Balaban J connectivity index is 1.41. The fourth-order valence-electron chi connectivity index (χ4n) is 2.74. The molecule has 0 unspecified atom stereocenters. The first-order valence-electron chi connectivity index (χ1n) is 7.89. The van der Waals surface area contributed by atoms with E-state index in [1.807, 2.05) is 24.4 Å². The van der Waals surface area contributed by atoms with Gasteiger partial charge in [0.15, 0.2) is 0 Å². The lowest BCUT2D eigenvalue weighted by Gasteiger charge is -2.32. The number of piperidine rings is 1. The third kappa shape index (κ3) is 4.75. The van der Waals surface area contributed by atoms with Crippen LogP contribution in [0.25, 0.3) is 0 Å². The number of rotatable bonds is 4. The Morgan fingerprint density at radius 2 is 1.91 bits per heavy atom. The minimum Gasteiger partial charge on any atom is -0.335 e. The van der Waals surface area contributed by atoms with Crippen molar-refractivity contribution in [1.29, 1.82) is 0 Å². The van der Waals surface area contributed by atoms with Gasteiger partial charge in [-0.25, -0.2) is 4.79 Å². The van der Waals surface area contributed by atoms with Gasteiger partial charge in [0.2, 0.25) is 0 Å². The Bertz CT molecular complexity index is 611. The molecule has 3 rings (SSSR count). The molecule has 2 amide bonds. The van der Waals surface area contributed by atoms with Crippen LogP contribution in [-0.2, 0) is 6.54 Å². The zero-order valence-corrected chi connectivity index (χ0v) is 13.0. The zero-order valence-electron chi connectivity index (χ0n) is 13.0. The molecule has 0 spiro atoms. The molecule has 1 aliphatic rings. The largest absolute Gasteiger partial charge is 0.335 e. The first-order chi connectivity index (χ1) is 11.3. The molecule has 0 aliphatic carbocycles. The van der Waals surface area contributed by atoms with Crippen LogP contribution in [0.4, 0.5) is 10.5 Å². The van der Waals surface area contributed by atoms with E-state index in [2.05, 4.69) is 25.5 Å². The summed E-state index contributed by atoms with van der Waals surface area (Å²) < 4.78 is 0. The fourth-order valence-corrected chi connectivity index (χ4v) is 2.74. The van der Waals surface area contributed by atoms with Gasteiger partial charge in [-0.05, 0) is 37.1 Å². The van der Waals surface area contributed by atoms with Crippen molar-refractivity contribution in [2.24, 2.45) is 0 Å². The molecule has 6 nitrogen and oxygen atoms in total. The summed E-state index contributed by atoms with van der Waals surface area (Å²) >= 11 is 0. The summed E-state index contributed by atoms with van der Waals surface area (Å²) in [5, 5.41) is 5.87. The molecule has 0 radical (unpaired) electrons. The monoisotopic (exact) mass is 311 g/mol. The standard InChI is InChI=1S/C17H21N5O/c23-17(20-14-4-9-18-10-5-14)21-15-6-11-22(12-7-15)13-16-3-1-2-8-19-16/h1-5,8-10,15H,6-7,11-13H2,(H2,18,20,21,23). The van der Waals surface area contributed by atoms with Crippen LogP contribution in [0.1, 0.15) is 18.5 Å². The van der Waals surface area contributed by atoms with Crippen molar-refractivity contribution in [2.75, 3.05) is 18.4 Å². The van der Waals surface area contributed by atoms with E-state index in [1.54, 1.807) is 24.5 Å². The van der Waals surface area contributed by atoms with Gasteiger partial charge in [0.05, 0.1) is 5.69 Å². The topological polar surface area (TPSA) is 70.2 Å². The van der Waals surface area contributed by atoms with Crippen molar-refractivity contribution in [3.8, 4) is 0 Å². The second kappa shape index (κ2) is 7.69. The molecule has 3 heterocycles. The maximum absolute atomic E-state index is 12.0. The molecule has 0 bridgehead atoms. The van der Waals surface area contributed by atoms with E-state index in [9.17, 15) is 4.79 Å². The number of carbonyl (C=O) groups is 1. The van der Waals surface area contributed by atoms with E-state index in [0.717, 1.165) is 43.9 Å². The van der Waals surface area contributed by atoms with Crippen LogP contribution >= 0.6 is 0 Å². The van der Waals surface area contributed by atoms with Crippen molar-refractivity contribution >= 4 is 11.7 Å². The van der Waals surface area contributed by atoms with E-state index < -0.39 is 0 Å². The summed E-state index contributed by atoms with van der Waals surface area (Å²) in [6, 6.07) is 9.61. The third-order valence-corrected chi connectivity index (χ3v) is 3.97. The minimum atomic E-state index is -0.153. The molecule has 6 heteroatoms. The van der Waals surface area contributed by atoms with E-state index >= 15 is 0 Å². The van der Waals surface area contributed by atoms with Crippen LogP contribution in [0.2, 0.25) is 0 Å². The highest BCUT2D eigenvalue weighted by Crippen LogP contribution is 2.13. The van der Waals surface area contributed by atoms with Gasteiger partial charge in [-0.2, -0.15) is 0 Å². The summed E-state index contributed by atoms with van der Waals surface area (Å²) in [6.45, 7) is 2.81. The van der Waals surface area contributed by atoms with Crippen molar-refractivity contribution in [3.63, 3.8) is 0 Å². The van der Waals surface area contributed by atoms with E-state index in [-0.39, 0.29) is 12.1 Å². The molecule has 1 fully saturated rings. The molecule has 2 aromatic rings. The normalized spacial score (nSPS) is 16.0. The van der Waals surface area contributed by atoms with E-state index in [1.165, 1.54) is 0 Å². The Labute approximate surface area is 135 Å². The van der Waals surface area contributed by atoms with Gasteiger partial charge in [0, 0.05) is 50.0 Å². The summed E-state index contributed by atoms with van der Waals surface area (Å²) in [5.41, 5.74) is 1.85. The second-order valence-corrected chi connectivity index (χ2v) is 5.71. The second-order valence-electron chi connectivity index (χ2n) is 5.71. The lowest BCUT2D eigenvalue weighted by Crippen LogP contribution is -2.45. The number of anilines is 1. The van der Waals surface area contributed by atoms with E-state index in [4.69, 9.17) is 0 Å². The number of hydrogen-bond acceptors (Lipinski definition) is 4. The summed E-state index contributed by atoms with van der Waals surface area (Å²) in [5.74, 6) is 0. The predicted octanol–water partition coefficient (Wildman–Crippen LogP) is 2.26. The average Bonchev–Trinajstić information content (AvgIpc) is 2.58. The Morgan fingerprint density at radius 1 is 1.13 bits per heavy atom. The number of aromatic nitrogens is 2. The molecular weight excluding hydrogens is 290 g/mol. The maximum Gasteiger partial charge on any atom is 0.319 e. The number of nitrogens with zero attached hydrogens (tertiary/aromatic N) is 3. The molecule has 0 saturated carbocycles. The predicted molar refractivity (Wildman–Crippen MR) is 88.9 cm³/mol. The zero-order chi connectivity index (χ0) is 15.9. The lowest BCUT2D eigenvalue weighted by atomic mass is 10.1. The van der Waals surface area contributed by atoms with Crippen LogP contribution in [-0.4, -0.2) is 40.0 Å². The molecule has 0 atom stereocenters. The smallest absolute Gasteiger partial charge is 0.319 e. The average molecular weight is 311 g/mol. The first kappa shape index (κ1) is 15.4. The Morgan fingerprint density at radius 3 is 2.61 bits per heavy atom. The Kier molecular flexibility index (Phi) is 5.16. The number of nitrogens with one attached hydrogen (secondary N) is 2. The molecule has 0 aromatic carbocycles. The van der Waals surface area contributed by atoms with Gasteiger partial charge >= 0.3 is 6.03 Å². The van der Waals surface area contributed by atoms with Crippen molar-refractivity contribution in [1.82, 2.24) is 20.2 Å². The highest BCUT2D eigenvalue weighted by Gasteiger charge is 2.20. The van der Waals surface area contributed by atoms with Crippen molar-refractivity contribution in [3.05, 3.63) is 54.6 Å². The fraction of sp³-hybridized carbons (Fsp3) is 0.353. The minimum absolute atomic E-state index is 0.153. The number of likely N-dealkylation sites (tertiary alicyclic amines) is 1. The van der Waals surface area contributed by atoms with Gasteiger partial charge in [-0.3, -0.25) is 14.9 Å². The van der Waals surface area contributed by atoms with Crippen LogP contribution in [0.3, 0.4) is 0 Å². The van der Waals surface area contributed by atoms with Gasteiger partial charge in [0.1, 0.15) is 0 Å². The Hall–Kier alpha value is -2.47. The number of amides is 2. The van der Waals surface area contributed by atoms with E-state index in [0.29, 0.717) is 0 Å². The number of urea groups is 1. The van der Waals surface area contributed by atoms with Crippen LogP contribution in [0.15, 0.2) is 48.9 Å². The molecular formula is C17H21N5O. The van der Waals surface area contributed by atoms with Crippen LogP contribution in [0, 0.1) is 0 Å². The summed E-state index contributed by atoms with van der Waals surface area (Å²) in [4.78, 5) is 22.7. The maximum atomic E-state index is 12.0. The quantitative estimate of drug-likeness (QED) is 0.908. The highest BCUT2D eigenvalue weighted by atomic mass is 16.2. The van der Waals surface area contributed by atoms with Gasteiger partial charge in [0.25, 0.3) is 0 Å². The third-order valence-electron chi connectivity index (χ3n) is 3.97. The highest BCUT2D eigenvalue weighted by molar-refractivity contribution is 5.89. The number of hydrogen-bond donors (Lipinski definition) is 2. The summed E-state index contributed by atoms with van der Waals surface area (Å²) in [7, 11) is 0. The van der Waals surface area contributed by atoms with Gasteiger partial charge in [-0.15, -0.1) is 0 Å². The van der Waals surface area contributed by atoms with Crippen molar-refractivity contribution < 1.29 is 4.79 Å². The van der Waals surface area contributed by atoms with Crippen molar-refractivity contribution in [2.45, 2.75) is 25.4 Å². The van der Waals surface area contributed by atoms with Crippen LogP contribution in [0.5, 0.6) is 0 Å². The summed E-state index contributed by atoms with van der Waals surface area (Å²) in [6.07, 6.45) is 7.05. The molecule has 23 heavy (non-hydrogen) atoms. The molecule has 120 valence electrons. The molecule has 1 aliphatic heterocycles. The number of pyridine rings is 2. The molecule has 2 N–H and O–H groups in total. The van der Waals surface area contributed by atoms with Crippen LogP contribution < -0.4 is 10.6 Å². The first-order valence-corrected chi connectivity index (χ1v) is 7.89. The number of carbonyl (C=O) groups excluding carboxylic acids is 1. The van der Waals surface area contributed by atoms with Gasteiger partial charge in [-0.1, -0.05) is 6.07 Å². The molecule has 1 saturated heterocycles. The SMILES string of the molecule is O=C(Nc1ccncc1)NC1CCN(Cc2ccccn2)CC1. The molecule has 2 aromatic heterocycles. The lowest BCUT2D eigenvalue weighted by molar-refractivity contribution is 0.188. The van der Waals surface area contributed by atoms with Gasteiger partial charge < -0.3 is 10.6 Å².